The number of nitrogens with zero attached hydrogens (tertiary/aromatic N) is 2. The summed E-state index contributed by atoms with van der Waals surface area (Å²) in [6.45, 7) is 2.95. The summed E-state index contributed by atoms with van der Waals surface area (Å²) in [7, 11) is 0. The zero-order valence-electron chi connectivity index (χ0n) is 9.56. The van der Waals surface area contributed by atoms with Gasteiger partial charge in [-0.3, -0.25) is 0 Å². The first-order valence-electron chi connectivity index (χ1n) is 5.32. The van der Waals surface area contributed by atoms with Gasteiger partial charge in [0.1, 0.15) is 5.82 Å². The highest BCUT2D eigenvalue weighted by Crippen LogP contribution is 2.26. The second-order valence-corrected chi connectivity index (χ2v) is 5.28. The molecule has 0 radical (unpaired) electrons. The van der Waals surface area contributed by atoms with Crippen LogP contribution in [-0.2, 0) is 6.54 Å². The number of nitrogens with two attached hydrogens (primary N) is 1. The lowest BCUT2D eigenvalue weighted by Gasteiger charge is -2.06. The summed E-state index contributed by atoms with van der Waals surface area (Å²) >= 11 is 7.73. The van der Waals surface area contributed by atoms with Gasteiger partial charge in [0.25, 0.3) is 0 Å². The van der Waals surface area contributed by atoms with Crippen molar-refractivity contribution in [2.75, 3.05) is 11.5 Å². The van der Waals surface area contributed by atoms with Gasteiger partial charge in [0.15, 0.2) is 0 Å². The van der Waals surface area contributed by atoms with Crippen LogP contribution in [0.15, 0.2) is 35.5 Å². The molecule has 0 amide bonds. The maximum atomic E-state index is 5.96. The number of nitrogen functional groups attached to an aromatic ring is 1. The maximum Gasteiger partial charge on any atom is 0.105 e. The number of aryl methyl sites for hydroxylation is 2. The molecule has 0 atom stereocenters. The minimum atomic E-state index is 0.619. The molecule has 1 heterocycles. The number of aromatic nitrogens is 2. The average molecular weight is 268 g/mol. The van der Waals surface area contributed by atoms with Crippen LogP contribution in [0.2, 0.25) is 5.02 Å². The van der Waals surface area contributed by atoms with Gasteiger partial charge in [-0.1, -0.05) is 11.6 Å². The molecular formula is C12H14ClN3S. The summed E-state index contributed by atoms with van der Waals surface area (Å²) in [6.07, 6.45) is 3.81. The lowest BCUT2D eigenvalue weighted by atomic mass is 10.3. The standard InChI is InChI=1S/C12H14ClN3S/c1-9-15-4-5-16(9)6-7-17-10-2-3-12(14)11(13)8-10/h2-5,8H,6-7,14H2,1H3. The number of hydrogen-bond acceptors (Lipinski definition) is 3. The van der Waals surface area contributed by atoms with Crippen LogP contribution in [0, 0.1) is 6.92 Å². The summed E-state index contributed by atoms with van der Waals surface area (Å²) in [5.74, 6) is 2.03. The van der Waals surface area contributed by atoms with Gasteiger partial charge >= 0.3 is 0 Å². The molecule has 90 valence electrons. The largest absolute Gasteiger partial charge is 0.398 e. The van der Waals surface area contributed by atoms with Crippen LogP contribution >= 0.6 is 23.4 Å². The van der Waals surface area contributed by atoms with Crippen molar-refractivity contribution in [3.05, 3.63) is 41.4 Å². The molecule has 0 aliphatic heterocycles. The second-order valence-electron chi connectivity index (χ2n) is 3.70. The molecule has 0 aliphatic carbocycles. The van der Waals surface area contributed by atoms with Crippen LogP contribution in [0.25, 0.3) is 0 Å². The number of halogens is 1. The number of anilines is 1. The van der Waals surface area contributed by atoms with Gasteiger partial charge in [0, 0.05) is 29.6 Å². The van der Waals surface area contributed by atoms with Crippen molar-refractivity contribution in [3.8, 4) is 0 Å². The molecule has 0 bridgehead atoms. The zero-order chi connectivity index (χ0) is 12.3. The van der Waals surface area contributed by atoms with Crippen LogP contribution in [0.4, 0.5) is 5.69 Å². The van der Waals surface area contributed by atoms with Crippen molar-refractivity contribution < 1.29 is 0 Å². The fraction of sp³-hybridized carbons (Fsp3) is 0.250. The van der Waals surface area contributed by atoms with Crippen molar-refractivity contribution in [1.82, 2.24) is 9.55 Å². The summed E-state index contributed by atoms with van der Waals surface area (Å²) < 4.78 is 2.13. The summed E-state index contributed by atoms with van der Waals surface area (Å²) in [6, 6.07) is 5.74. The van der Waals surface area contributed by atoms with E-state index in [9.17, 15) is 0 Å². The third-order valence-electron chi connectivity index (χ3n) is 2.50. The molecule has 0 saturated carbocycles. The number of rotatable bonds is 4. The van der Waals surface area contributed by atoms with E-state index in [1.165, 1.54) is 0 Å². The van der Waals surface area contributed by atoms with Crippen LogP contribution in [0.3, 0.4) is 0 Å². The molecule has 2 aromatic rings. The van der Waals surface area contributed by atoms with Gasteiger partial charge in [-0.15, -0.1) is 11.8 Å². The Kier molecular flexibility index (Phi) is 3.97. The number of thioether (sulfide) groups is 1. The molecule has 1 aromatic heterocycles. The Bertz CT molecular complexity index is 510. The summed E-state index contributed by atoms with van der Waals surface area (Å²) in [4.78, 5) is 5.32. The van der Waals surface area contributed by atoms with E-state index >= 15 is 0 Å². The SMILES string of the molecule is Cc1nccn1CCSc1ccc(N)c(Cl)c1. The van der Waals surface area contributed by atoms with E-state index in [4.69, 9.17) is 17.3 Å². The summed E-state index contributed by atoms with van der Waals surface area (Å²) in [5, 5.41) is 0.619. The summed E-state index contributed by atoms with van der Waals surface area (Å²) in [5.41, 5.74) is 6.29. The molecule has 3 nitrogen and oxygen atoms in total. The fourth-order valence-electron chi connectivity index (χ4n) is 1.50. The monoisotopic (exact) mass is 267 g/mol. The Morgan fingerprint density at radius 3 is 2.94 bits per heavy atom. The Balaban J connectivity index is 1.90. The molecule has 1 aromatic carbocycles. The smallest absolute Gasteiger partial charge is 0.105 e. The van der Waals surface area contributed by atoms with E-state index in [-0.39, 0.29) is 0 Å². The van der Waals surface area contributed by atoms with Crippen molar-refractivity contribution >= 4 is 29.1 Å². The lowest BCUT2D eigenvalue weighted by Crippen LogP contribution is -2.01. The highest BCUT2D eigenvalue weighted by Gasteiger charge is 2.00. The first-order chi connectivity index (χ1) is 8.16. The number of benzene rings is 1. The Labute approximate surface area is 110 Å². The van der Waals surface area contributed by atoms with E-state index in [1.54, 1.807) is 11.8 Å². The Hall–Kier alpha value is -1.13. The quantitative estimate of drug-likeness (QED) is 0.683. The van der Waals surface area contributed by atoms with Crippen LogP contribution < -0.4 is 5.73 Å². The van der Waals surface area contributed by atoms with Gasteiger partial charge < -0.3 is 10.3 Å². The van der Waals surface area contributed by atoms with Crippen LogP contribution in [0.5, 0.6) is 0 Å². The maximum absolute atomic E-state index is 5.96. The van der Waals surface area contributed by atoms with Gasteiger partial charge in [-0.05, 0) is 25.1 Å². The van der Waals surface area contributed by atoms with Crippen molar-refractivity contribution in [3.63, 3.8) is 0 Å². The predicted octanol–water partition coefficient (Wildman–Crippen LogP) is 3.22. The fourth-order valence-corrected chi connectivity index (χ4v) is 2.63. The molecular weight excluding hydrogens is 254 g/mol. The molecule has 0 spiro atoms. The topological polar surface area (TPSA) is 43.8 Å². The Morgan fingerprint density at radius 2 is 2.29 bits per heavy atom. The van der Waals surface area contributed by atoms with E-state index in [0.717, 1.165) is 23.0 Å². The zero-order valence-corrected chi connectivity index (χ0v) is 11.1. The molecule has 2 N–H and O–H groups in total. The molecule has 0 fully saturated rings. The average Bonchev–Trinajstić information content (AvgIpc) is 2.70. The van der Waals surface area contributed by atoms with E-state index in [1.807, 2.05) is 37.5 Å². The minimum absolute atomic E-state index is 0.619. The van der Waals surface area contributed by atoms with E-state index < -0.39 is 0 Å². The van der Waals surface area contributed by atoms with Crippen molar-refractivity contribution in [1.29, 1.82) is 0 Å². The van der Waals surface area contributed by atoms with Gasteiger partial charge in [0.2, 0.25) is 0 Å². The van der Waals surface area contributed by atoms with Crippen LogP contribution in [0.1, 0.15) is 5.82 Å². The van der Waals surface area contributed by atoms with Gasteiger partial charge in [-0.2, -0.15) is 0 Å². The first-order valence-corrected chi connectivity index (χ1v) is 6.69. The molecule has 5 heteroatoms. The van der Waals surface area contributed by atoms with Crippen molar-refractivity contribution in [2.24, 2.45) is 0 Å². The lowest BCUT2D eigenvalue weighted by molar-refractivity contribution is 0.738. The molecule has 0 unspecified atom stereocenters. The second kappa shape index (κ2) is 5.47. The first kappa shape index (κ1) is 12.3. The number of imidazole rings is 1. The highest BCUT2D eigenvalue weighted by molar-refractivity contribution is 7.99. The highest BCUT2D eigenvalue weighted by atomic mass is 35.5. The number of hydrogen-bond donors (Lipinski definition) is 1. The molecule has 0 saturated heterocycles. The molecule has 17 heavy (non-hydrogen) atoms. The normalized spacial score (nSPS) is 10.7. The van der Waals surface area contributed by atoms with Gasteiger partial charge in [0.05, 0.1) is 10.7 Å². The minimum Gasteiger partial charge on any atom is -0.398 e. The van der Waals surface area contributed by atoms with E-state index in [2.05, 4.69) is 9.55 Å². The third-order valence-corrected chi connectivity index (χ3v) is 3.80. The predicted molar refractivity (Wildman–Crippen MR) is 73.6 cm³/mol. The van der Waals surface area contributed by atoms with E-state index in [0.29, 0.717) is 10.7 Å². The van der Waals surface area contributed by atoms with Gasteiger partial charge in [-0.25, -0.2) is 4.98 Å². The van der Waals surface area contributed by atoms with Crippen LogP contribution in [-0.4, -0.2) is 15.3 Å². The van der Waals surface area contributed by atoms with Crippen molar-refractivity contribution in [2.45, 2.75) is 18.4 Å². The molecule has 0 aliphatic rings. The third kappa shape index (κ3) is 3.17. The molecule has 2 rings (SSSR count). The Morgan fingerprint density at radius 1 is 1.47 bits per heavy atom.